The highest BCUT2D eigenvalue weighted by molar-refractivity contribution is 7.98. The SMILES string of the molecule is CSc1cccc(NCc2cccc(Cl)c2F)c1. The zero-order chi connectivity index (χ0) is 13.0. The fourth-order valence-corrected chi connectivity index (χ4v) is 2.27. The summed E-state index contributed by atoms with van der Waals surface area (Å²) in [4.78, 5) is 1.17. The summed E-state index contributed by atoms with van der Waals surface area (Å²) in [6.45, 7) is 0.421. The molecule has 94 valence electrons. The van der Waals surface area contributed by atoms with Crippen LogP contribution >= 0.6 is 23.4 Å². The minimum absolute atomic E-state index is 0.159. The van der Waals surface area contributed by atoms with Gasteiger partial charge in [-0.1, -0.05) is 29.8 Å². The van der Waals surface area contributed by atoms with E-state index < -0.39 is 0 Å². The van der Waals surface area contributed by atoms with E-state index in [4.69, 9.17) is 11.6 Å². The smallest absolute Gasteiger partial charge is 0.146 e. The molecule has 0 unspecified atom stereocenters. The molecule has 0 aliphatic rings. The largest absolute Gasteiger partial charge is 0.381 e. The maximum atomic E-state index is 13.7. The second-order valence-corrected chi connectivity index (χ2v) is 5.09. The van der Waals surface area contributed by atoms with Gasteiger partial charge < -0.3 is 5.32 Å². The molecule has 2 rings (SSSR count). The highest BCUT2D eigenvalue weighted by atomic mass is 35.5. The van der Waals surface area contributed by atoms with Crippen molar-refractivity contribution in [3.05, 3.63) is 58.9 Å². The topological polar surface area (TPSA) is 12.0 Å². The first-order valence-electron chi connectivity index (χ1n) is 5.51. The molecule has 0 aliphatic carbocycles. The van der Waals surface area contributed by atoms with Crippen molar-refractivity contribution in [1.29, 1.82) is 0 Å². The standard InChI is InChI=1S/C14H13ClFNS/c1-18-12-6-3-5-11(8-12)17-9-10-4-2-7-13(15)14(10)16/h2-8,17H,9H2,1H3. The number of halogens is 2. The molecule has 0 spiro atoms. The Bertz CT molecular complexity index is 545. The van der Waals surface area contributed by atoms with Crippen LogP contribution < -0.4 is 5.32 Å². The Morgan fingerprint density at radius 1 is 1.22 bits per heavy atom. The van der Waals surface area contributed by atoms with Crippen LogP contribution in [0, 0.1) is 5.82 Å². The summed E-state index contributed by atoms with van der Waals surface area (Å²) in [6, 6.07) is 13.0. The zero-order valence-electron chi connectivity index (χ0n) is 9.91. The Balaban J connectivity index is 2.09. The van der Waals surface area contributed by atoms with Crippen LogP contribution in [0.2, 0.25) is 5.02 Å². The Hall–Kier alpha value is -1.19. The maximum Gasteiger partial charge on any atom is 0.146 e. The van der Waals surface area contributed by atoms with Crippen LogP contribution in [0.1, 0.15) is 5.56 Å². The van der Waals surface area contributed by atoms with E-state index in [1.54, 1.807) is 30.0 Å². The van der Waals surface area contributed by atoms with Crippen molar-refractivity contribution >= 4 is 29.1 Å². The van der Waals surface area contributed by atoms with Gasteiger partial charge in [-0.05, 0) is 30.5 Å². The van der Waals surface area contributed by atoms with Crippen LogP contribution in [-0.4, -0.2) is 6.26 Å². The molecular weight excluding hydrogens is 269 g/mol. The second kappa shape index (κ2) is 6.12. The average molecular weight is 282 g/mol. The predicted octanol–water partition coefficient (Wildman–Crippen LogP) is 4.81. The normalized spacial score (nSPS) is 10.4. The van der Waals surface area contributed by atoms with E-state index in [0.29, 0.717) is 12.1 Å². The van der Waals surface area contributed by atoms with Crippen molar-refractivity contribution in [3.63, 3.8) is 0 Å². The Labute approximate surface area is 115 Å². The van der Waals surface area contributed by atoms with Crippen molar-refractivity contribution in [3.8, 4) is 0 Å². The predicted molar refractivity (Wildman–Crippen MR) is 77.0 cm³/mol. The lowest BCUT2D eigenvalue weighted by Gasteiger charge is -2.09. The van der Waals surface area contributed by atoms with Crippen molar-refractivity contribution < 1.29 is 4.39 Å². The molecule has 0 saturated heterocycles. The summed E-state index contributed by atoms with van der Waals surface area (Å²) in [6.07, 6.45) is 2.02. The quantitative estimate of drug-likeness (QED) is 0.807. The Kier molecular flexibility index (Phi) is 4.50. The minimum atomic E-state index is -0.354. The van der Waals surface area contributed by atoms with Gasteiger partial charge in [0, 0.05) is 22.7 Å². The van der Waals surface area contributed by atoms with E-state index in [-0.39, 0.29) is 10.8 Å². The molecule has 4 heteroatoms. The molecule has 0 atom stereocenters. The van der Waals surface area contributed by atoms with E-state index in [1.165, 1.54) is 4.90 Å². The van der Waals surface area contributed by atoms with E-state index >= 15 is 0 Å². The molecule has 0 saturated carbocycles. The molecule has 0 bridgehead atoms. The van der Waals surface area contributed by atoms with Crippen molar-refractivity contribution in [2.24, 2.45) is 0 Å². The molecule has 1 N–H and O–H groups in total. The van der Waals surface area contributed by atoms with Gasteiger partial charge in [0.25, 0.3) is 0 Å². The van der Waals surface area contributed by atoms with E-state index in [2.05, 4.69) is 5.32 Å². The molecule has 0 heterocycles. The van der Waals surface area contributed by atoms with Gasteiger partial charge in [0.05, 0.1) is 5.02 Å². The molecule has 1 nitrogen and oxygen atoms in total. The average Bonchev–Trinajstić information content (AvgIpc) is 2.41. The van der Waals surface area contributed by atoms with Crippen LogP contribution in [0.3, 0.4) is 0 Å². The Morgan fingerprint density at radius 2 is 2.00 bits per heavy atom. The molecule has 0 aromatic heterocycles. The van der Waals surface area contributed by atoms with Gasteiger partial charge in [0.1, 0.15) is 5.82 Å². The first-order valence-corrected chi connectivity index (χ1v) is 7.12. The molecule has 18 heavy (non-hydrogen) atoms. The third-order valence-electron chi connectivity index (χ3n) is 2.58. The lowest BCUT2D eigenvalue weighted by molar-refractivity contribution is 0.613. The summed E-state index contributed by atoms with van der Waals surface area (Å²) in [5.41, 5.74) is 1.54. The third kappa shape index (κ3) is 3.18. The summed E-state index contributed by atoms with van der Waals surface area (Å²) < 4.78 is 13.7. The number of hydrogen-bond acceptors (Lipinski definition) is 2. The second-order valence-electron chi connectivity index (χ2n) is 3.80. The first-order chi connectivity index (χ1) is 8.70. The lowest BCUT2D eigenvalue weighted by atomic mass is 10.2. The van der Waals surface area contributed by atoms with Gasteiger partial charge in [0.2, 0.25) is 0 Å². The number of hydrogen-bond donors (Lipinski definition) is 1. The van der Waals surface area contributed by atoms with Crippen molar-refractivity contribution in [2.45, 2.75) is 11.4 Å². The van der Waals surface area contributed by atoms with Crippen LogP contribution in [-0.2, 0) is 6.54 Å². The molecule has 0 aliphatic heterocycles. The van der Waals surface area contributed by atoms with E-state index in [9.17, 15) is 4.39 Å². The molecular formula is C14H13ClFNS. The number of anilines is 1. The molecule has 2 aromatic carbocycles. The monoisotopic (exact) mass is 281 g/mol. The third-order valence-corrected chi connectivity index (χ3v) is 3.60. The zero-order valence-corrected chi connectivity index (χ0v) is 11.5. The highest BCUT2D eigenvalue weighted by Gasteiger charge is 2.05. The number of benzene rings is 2. The molecule has 0 amide bonds. The maximum absolute atomic E-state index is 13.7. The Morgan fingerprint density at radius 3 is 2.78 bits per heavy atom. The van der Waals surface area contributed by atoms with Crippen molar-refractivity contribution in [2.75, 3.05) is 11.6 Å². The van der Waals surface area contributed by atoms with Crippen LogP contribution in [0.25, 0.3) is 0 Å². The lowest BCUT2D eigenvalue weighted by Crippen LogP contribution is -2.02. The van der Waals surface area contributed by atoms with Crippen LogP contribution in [0.15, 0.2) is 47.4 Å². The summed E-state index contributed by atoms with van der Waals surface area (Å²) in [7, 11) is 0. The fourth-order valence-electron chi connectivity index (χ4n) is 1.62. The van der Waals surface area contributed by atoms with Crippen LogP contribution in [0.5, 0.6) is 0 Å². The van der Waals surface area contributed by atoms with Gasteiger partial charge in [-0.3, -0.25) is 0 Å². The molecule has 2 aromatic rings. The number of nitrogens with one attached hydrogen (secondary N) is 1. The summed E-state index contributed by atoms with van der Waals surface area (Å²) >= 11 is 7.41. The number of rotatable bonds is 4. The molecule has 0 fully saturated rings. The minimum Gasteiger partial charge on any atom is -0.381 e. The van der Waals surface area contributed by atoms with Gasteiger partial charge in [-0.25, -0.2) is 4.39 Å². The van der Waals surface area contributed by atoms with Gasteiger partial charge in [-0.15, -0.1) is 11.8 Å². The highest BCUT2D eigenvalue weighted by Crippen LogP contribution is 2.21. The van der Waals surface area contributed by atoms with Gasteiger partial charge in [0.15, 0.2) is 0 Å². The van der Waals surface area contributed by atoms with Crippen LogP contribution in [0.4, 0.5) is 10.1 Å². The van der Waals surface area contributed by atoms with Gasteiger partial charge >= 0.3 is 0 Å². The van der Waals surface area contributed by atoms with Gasteiger partial charge in [-0.2, -0.15) is 0 Å². The van der Waals surface area contributed by atoms with Crippen molar-refractivity contribution in [1.82, 2.24) is 0 Å². The summed E-state index contributed by atoms with van der Waals surface area (Å²) in [5.74, 6) is -0.354. The fraction of sp³-hybridized carbons (Fsp3) is 0.143. The number of thioether (sulfide) groups is 1. The summed E-state index contributed by atoms with van der Waals surface area (Å²) in [5, 5.41) is 3.35. The molecule has 0 radical (unpaired) electrons. The van der Waals surface area contributed by atoms with E-state index in [0.717, 1.165) is 5.69 Å². The van der Waals surface area contributed by atoms with E-state index in [1.807, 2.05) is 30.5 Å². The first kappa shape index (κ1) is 13.2.